The molecule has 16 heavy (non-hydrogen) atoms. The van der Waals surface area contributed by atoms with Crippen LogP contribution >= 0.6 is 0 Å². The van der Waals surface area contributed by atoms with Crippen molar-refractivity contribution in [1.29, 1.82) is 0 Å². The van der Waals surface area contributed by atoms with Gasteiger partial charge in [0.25, 0.3) is 0 Å². The molecule has 4 heteroatoms. The monoisotopic (exact) mass is 228 g/mol. The maximum atomic E-state index is 12.1. The fourth-order valence-corrected chi connectivity index (χ4v) is 2.12. The van der Waals surface area contributed by atoms with Gasteiger partial charge >= 0.3 is 0 Å². The molecule has 1 saturated heterocycles. The Kier molecular flexibility index (Phi) is 4.33. The molecular formula is C12H24N2O2. The van der Waals surface area contributed by atoms with Crippen LogP contribution in [0.15, 0.2) is 0 Å². The van der Waals surface area contributed by atoms with Crippen molar-refractivity contribution in [2.75, 3.05) is 13.1 Å². The minimum Gasteiger partial charge on any atom is -0.388 e. The molecule has 1 rings (SSSR count). The Morgan fingerprint density at radius 2 is 2.25 bits per heavy atom. The van der Waals surface area contributed by atoms with Crippen molar-refractivity contribution in [2.45, 2.75) is 51.7 Å². The summed E-state index contributed by atoms with van der Waals surface area (Å²) in [4.78, 5) is 13.8. The summed E-state index contributed by atoms with van der Waals surface area (Å²) < 4.78 is 0. The zero-order valence-electron chi connectivity index (χ0n) is 10.6. The molecule has 94 valence electrons. The van der Waals surface area contributed by atoms with Crippen molar-refractivity contribution in [1.82, 2.24) is 4.90 Å². The predicted octanol–water partition coefficient (Wildman–Crippen LogP) is 0.733. The van der Waals surface area contributed by atoms with Crippen molar-refractivity contribution in [3.8, 4) is 0 Å². The SMILES string of the molecule is CCC(C)C(N)C(=O)N1CCCC(C)(O)C1. The molecule has 3 N–H and O–H groups in total. The summed E-state index contributed by atoms with van der Waals surface area (Å²) in [5.41, 5.74) is 5.17. The van der Waals surface area contributed by atoms with E-state index in [-0.39, 0.29) is 11.8 Å². The van der Waals surface area contributed by atoms with Crippen LogP contribution < -0.4 is 5.73 Å². The topological polar surface area (TPSA) is 66.6 Å². The number of likely N-dealkylation sites (tertiary alicyclic amines) is 1. The van der Waals surface area contributed by atoms with Crippen LogP contribution in [0.1, 0.15) is 40.0 Å². The second-order valence-corrected chi connectivity index (χ2v) is 5.27. The van der Waals surface area contributed by atoms with Crippen molar-refractivity contribution in [3.05, 3.63) is 0 Å². The van der Waals surface area contributed by atoms with Crippen LogP contribution in [0, 0.1) is 5.92 Å². The lowest BCUT2D eigenvalue weighted by Crippen LogP contribution is -2.54. The normalized spacial score (nSPS) is 29.9. The third kappa shape index (κ3) is 3.19. The molecule has 3 atom stereocenters. The molecule has 0 aliphatic carbocycles. The van der Waals surface area contributed by atoms with E-state index < -0.39 is 11.6 Å². The van der Waals surface area contributed by atoms with Gasteiger partial charge in [-0.05, 0) is 25.7 Å². The van der Waals surface area contributed by atoms with E-state index in [0.717, 1.165) is 25.8 Å². The Hall–Kier alpha value is -0.610. The van der Waals surface area contributed by atoms with Crippen LogP contribution in [0.4, 0.5) is 0 Å². The van der Waals surface area contributed by atoms with Crippen molar-refractivity contribution in [2.24, 2.45) is 11.7 Å². The lowest BCUT2D eigenvalue weighted by molar-refractivity contribution is -0.140. The van der Waals surface area contributed by atoms with Crippen molar-refractivity contribution >= 4 is 5.91 Å². The van der Waals surface area contributed by atoms with E-state index in [4.69, 9.17) is 5.73 Å². The first-order chi connectivity index (χ1) is 7.37. The molecule has 0 aromatic heterocycles. The highest BCUT2D eigenvalue weighted by Gasteiger charge is 2.33. The first-order valence-corrected chi connectivity index (χ1v) is 6.14. The molecule has 1 amide bonds. The maximum absolute atomic E-state index is 12.1. The number of nitrogens with zero attached hydrogens (tertiary/aromatic N) is 1. The van der Waals surface area contributed by atoms with Gasteiger partial charge in [-0.2, -0.15) is 0 Å². The van der Waals surface area contributed by atoms with E-state index in [1.54, 1.807) is 11.8 Å². The molecule has 0 spiro atoms. The van der Waals surface area contributed by atoms with Gasteiger partial charge in [-0.3, -0.25) is 4.79 Å². The number of carbonyl (C=O) groups is 1. The zero-order chi connectivity index (χ0) is 12.3. The zero-order valence-corrected chi connectivity index (χ0v) is 10.6. The highest BCUT2D eigenvalue weighted by atomic mass is 16.3. The standard InChI is InChI=1S/C12H24N2O2/c1-4-9(2)10(13)11(15)14-7-5-6-12(3,16)8-14/h9-10,16H,4-8,13H2,1-3H3. The van der Waals surface area contributed by atoms with Gasteiger partial charge < -0.3 is 15.7 Å². The van der Waals surface area contributed by atoms with Crippen LogP contribution in [0.5, 0.6) is 0 Å². The number of β-amino-alcohol motifs (C(OH)–C–C–N with tert-alkyl or cyclic N) is 1. The van der Waals surface area contributed by atoms with Gasteiger partial charge in [0.1, 0.15) is 0 Å². The van der Waals surface area contributed by atoms with E-state index >= 15 is 0 Å². The molecule has 0 aromatic rings. The molecule has 1 fully saturated rings. The highest BCUT2D eigenvalue weighted by molar-refractivity contribution is 5.82. The lowest BCUT2D eigenvalue weighted by Gasteiger charge is -2.38. The van der Waals surface area contributed by atoms with Gasteiger partial charge in [-0.25, -0.2) is 0 Å². The minimum absolute atomic E-state index is 0.0191. The summed E-state index contributed by atoms with van der Waals surface area (Å²) in [5, 5.41) is 9.94. The van der Waals surface area contributed by atoms with E-state index in [0.29, 0.717) is 6.54 Å². The van der Waals surface area contributed by atoms with E-state index in [1.807, 2.05) is 13.8 Å². The lowest BCUT2D eigenvalue weighted by atomic mass is 9.93. The Morgan fingerprint density at radius 1 is 1.62 bits per heavy atom. The Balaban J connectivity index is 2.60. The maximum Gasteiger partial charge on any atom is 0.239 e. The molecule has 0 saturated carbocycles. The van der Waals surface area contributed by atoms with Crippen LogP contribution in [-0.2, 0) is 4.79 Å². The summed E-state index contributed by atoms with van der Waals surface area (Å²) in [6.07, 6.45) is 2.51. The molecule has 0 aromatic carbocycles. The molecule has 1 aliphatic heterocycles. The number of hydrogen-bond donors (Lipinski definition) is 2. The Morgan fingerprint density at radius 3 is 2.75 bits per heavy atom. The van der Waals surface area contributed by atoms with Gasteiger partial charge in [-0.1, -0.05) is 20.3 Å². The Bertz CT molecular complexity index is 253. The molecule has 0 bridgehead atoms. The summed E-state index contributed by atoms with van der Waals surface area (Å²) in [6, 6.07) is -0.432. The Labute approximate surface area is 97.8 Å². The number of carbonyl (C=O) groups excluding carboxylic acids is 1. The number of nitrogens with two attached hydrogens (primary N) is 1. The van der Waals surface area contributed by atoms with E-state index in [1.165, 1.54) is 0 Å². The molecule has 1 heterocycles. The second-order valence-electron chi connectivity index (χ2n) is 5.27. The van der Waals surface area contributed by atoms with Crippen molar-refractivity contribution < 1.29 is 9.90 Å². The van der Waals surface area contributed by atoms with Gasteiger partial charge in [0.2, 0.25) is 5.91 Å². The molecule has 0 radical (unpaired) electrons. The third-order valence-corrected chi connectivity index (χ3v) is 3.53. The largest absolute Gasteiger partial charge is 0.388 e. The summed E-state index contributed by atoms with van der Waals surface area (Å²) >= 11 is 0. The second kappa shape index (κ2) is 5.15. The summed E-state index contributed by atoms with van der Waals surface area (Å²) in [7, 11) is 0. The smallest absolute Gasteiger partial charge is 0.239 e. The predicted molar refractivity (Wildman–Crippen MR) is 63.9 cm³/mol. The van der Waals surface area contributed by atoms with Crippen molar-refractivity contribution in [3.63, 3.8) is 0 Å². The van der Waals surface area contributed by atoms with Gasteiger partial charge in [0.05, 0.1) is 11.6 Å². The molecular weight excluding hydrogens is 204 g/mol. The number of piperidine rings is 1. The number of hydrogen-bond acceptors (Lipinski definition) is 3. The van der Waals surface area contributed by atoms with Crippen LogP contribution in [0.25, 0.3) is 0 Å². The fraction of sp³-hybridized carbons (Fsp3) is 0.917. The van der Waals surface area contributed by atoms with E-state index in [2.05, 4.69) is 0 Å². The molecule has 1 aliphatic rings. The minimum atomic E-state index is -0.747. The quantitative estimate of drug-likeness (QED) is 0.748. The van der Waals surface area contributed by atoms with Crippen LogP contribution in [0.2, 0.25) is 0 Å². The van der Waals surface area contributed by atoms with Gasteiger partial charge in [0.15, 0.2) is 0 Å². The highest BCUT2D eigenvalue weighted by Crippen LogP contribution is 2.21. The number of amides is 1. The third-order valence-electron chi connectivity index (χ3n) is 3.53. The van der Waals surface area contributed by atoms with Crippen LogP contribution in [-0.4, -0.2) is 40.6 Å². The average Bonchev–Trinajstić information content (AvgIpc) is 2.24. The fourth-order valence-electron chi connectivity index (χ4n) is 2.12. The molecule has 3 unspecified atom stereocenters. The number of aliphatic hydroxyl groups is 1. The van der Waals surface area contributed by atoms with Gasteiger partial charge in [0, 0.05) is 13.1 Å². The first-order valence-electron chi connectivity index (χ1n) is 6.14. The summed E-state index contributed by atoms with van der Waals surface area (Å²) in [5.74, 6) is 0.175. The average molecular weight is 228 g/mol. The molecule has 4 nitrogen and oxygen atoms in total. The van der Waals surface area contributed by atoms with Crippen LogP contribution in [0.3, 0.4) is 0 Å². The first kappa shape index (κ1) is 13.5. The number of rotatable bonds is 3. The van der Waals surface area contributed by atoms with Gasteiger partial charge in [-0.15, -0.1) is 0 Å². The summed E-state index contributed by atoms with van der Waals surface area (Å²) in [6.45, 7) is 6.94. The van der Waals surface area contributed by atoms with E-state index in [9.17, 15) is 9.90 Å².